The lowest BCUT2D eigenvalue weighted by Crippen LogP contribution is -2.32. The first-order chi connectivity index (χ1) is 9.19. The SMILES string of the molecule is O=C(Cc1ccc(Cl)cc1)NCC1CCCC1CO. The van der Waals surface area contributed by atoms with Gasteiger partial charge in [0.05, 0.1) is 6.42 Å². The van der Waals surface area contributed by atoms with Crippen LogP contribution in [0.25, 0.3) is 0 Å². The van der Waals surface area contributed by atoms with Crippen LogP contribution >= 0.6 is 11.6 Å². The van der Waals surface area contributed by atoms with E-state index in [4.69, 9.17) is 11.6 Å². The van der Waals surface area contributed by atoms with E-state index in [1.165, 1.54) is 0 Å². The quantitative estimate of drug-likeness (QED) is 0.871. The molecule has 1 aromatic carbocycles. The molecule has 2 atom stereocenters. The standard InChI is InChI=1S/C15H20ClNO2/c16-14-6-4-11(5-7-14)8-15(19)17-9-12-2-1-3-13(12)10-18/h4-7,12-13,18H,1-3,8-10H2,(H,17,19). The summed E-state index contributed by atoms with van der Waals surface area (Å²) >= 11 is 5.80. The molecule has 0 aliphatic heterocycles. The maximum absolute atomic E-state index is 11.8. The molecule has 0 heterocycles. The minimum absolute atomic E-state index is 0.0333. The number of halogens is 1. The second kappa shape index (κ2) is 6.92. The Labute approximate surface area is 119 Å². The van der Waals surface area contributed by atoms with E-state index in [0.717, 1.165) is 24.8 Å². The van der Waals surface area contributed by atoms with Crippen LogP contribution in [0, 0.1) is 11.8 Å². The lowest BCUT2D eigenvalue weighted by molar-refractivity contribution is -0.120. The molecule has 4 heteroatoms. The van der Waals surface area contributed by atoms with Crippen molar-refractivity contribution in [2.75, 3.05) is 13.2 Å². The molecule has 1 fully saturated rings. The van der Waals surface area contributed by atoms with Crippen LogP contribution in [0.15, 0.2) is 24.3 Å². The van der Waals surface area contributed by atoms with Crippen LogP contribution in [0.4, 0.5) is 0 Å². The van der Waals surface area contributed by atoms with Crippen molar-refractivity contribution in [3.63, 3.8) is 0 Å². The number of hydrogen-bond acceptors (Lipinski definition) is 2. The minimum atomic E-state index is 0.0333. The zero-order chi connectivity index (χ0) is 13.7. The summed E-state index contributed by atoms with van der Waals surface area (Å²) in [7, 11) is 0. The Bertz CT molecular complexity index is 419. The van der Waals surface area contributed by atoms with Gasteiger partial charge in [-0.3, -0.25) is 4.79 Å². The highest BCUT2D eigenvalue weighted by Gasteiger charge is 2.26. The summed E-state index contributed by atoms with van der Waals surface area (Å²) < 4.78 is 0. The van der Waals surface area contributed by atoms with Gasteiger partial charge in [-0.2, -0.15) is 0 Å². The van der Waals surface area contributed by atoms with Crippen molar-refractivity contribution in [1.29, 1.82) is 0 Å². The molecular weight excluding hydrogens is 262 g/mol. The van der Waals surface area contributed by atoms with E-state index in [-0.39, 0.29) is 12.5 Å². The molecule has 1 aliphatic rings. The highest BCUT2D eigenvalue weighted by molar-refractivity contribution is 6.30. The molecule has 1 saturated carbocycles. The Kier molecular flexibility index (Phi) is 5.23. The van der Waals surface area contributed by atoms with Gasteiger partial charge in [0.25, 0.3) is 0 Å². The summed E-state index contributed by atoms with van der Waals surface area (Å²) in [6.45, 7) is 0.912. The predicted molar refractivity (Wildman–Crippen MR) is 76.1 cm³/mol. The molecule has 1 aliphatic carbocycles. The third-order valence-corrected chi connectivity index (χ3v) is 4.14. The highest BCUT2D eigenvalue weighted by Crippen LogP contribution is 2.30. The monoisotopic (exact) mass is 281 g/mol. The van der Waals surface area contributed by atoms with Crippen LogP contribution in [-0.4, -0.2) is 24.2 Å². The normalized spacial score (nSPS) is 22.4. The van der Waals surface area contributed by atoms with Crippen molar-refractivity contribution in [3.8, 4) is 0 Å². The smallest absolute Gasteiger partial charge is 0.224 e. The Morgan fingerprint density at radius 3 is 2.63 bits per heavy atom. The zero-order valence-electron chi connectivity index (χ0n) is 10.9. The number of hydrogen-bond donors (Lipinski definition) is 2. The Morgan fingerprint density at radius 2 is 1.95 bits per heavy atom. The van der Waals surface area contributed by atoms with Gasteiger partial charge >= 0.3 is 0 Å². The topological polar surface area (TPSA) is 49.3 Å². The molecule has 0 saturated heterocycles. The summed E-state index contributed by atoms with van der Waals surface area (Å²) in [6.07, 6.45) is 3.72. The van der Waals surface area contributed by atoms with E-state index < -0.39 is 0 Å². The Balaban J connectivity index is 1.77. The summed E-state index contributed by atoms with van der Waals surface area (Å²) in [5.74, 6) is 0.820. The molecule has 2 unspecified atom stereocenters. The van der Waals surface area contributed by atoms with Crippen LogP contribution < -0.4 is 5.32 Å². The van der Waals surface area contributed by atoms with Gasteiger partial charge in [-0.25, -0.2) is 0 Å². The van der Waals surface area contributed by atoms with Crippen LogP contribution in [-0.2, 0) is 11.2 Å². The fourth-order valence-electron chi connectivity index (χ4n) is 2.72. The summed E-state index contributed by atoms with van der Waals surface area (Å²) in [5, 5.41) is 12.9. The van der Waals surface area contributed by atoms with Crippen LogP contribution in [0.3, 0.4) is 0 Å². The summed E-state index contributed by atoms with van der Waals surface area (Å²) in [4.78, 5) is 11.8. The summed E-state index contributed by atoms with van der Waals surface area (Å²) in [6, 6.07) is 7.33. The summed E-state index contributed by atoms with van der Waals surface area (Å²) in [5.41, 5.74) is 0.965. The van der Waals surface area contributed by atoms with E-state index in [1.807, 2.05) is 12.1 Å². The van der Waals surface area contributed by atoms with Crippen LogP contribution in [0.2, 0.25) is 5.02 Å². The van der Waals surface area contributed by atoms with Crippen molar-refractivity contribution in [2.24, 2.45) is 11.8 Å². The lowest BCUT2D eigenvalue weighted by atomic mass is 9.97. The average molecular weight is 282 g/mol. The third kappa shape index (κ3) is 4.22. The first kappa shape index (κ1) is 14.4. The second-order valence-electron chi connectivity index (χ2n) is 5.24. The van der Waals surface area contributed by atoms with Crippen molar-refractivity contribution in [1.82, 2.24) is 5.32 Å². The highest BCUT2D eigenvalue weighted by atomic mass is 35.5. The van der Waals surface area contributed by atoms with Crippen LogP contribution in [0.1, 0.15) is 24.8 Å². The van der Waals surface area contributed by atoms with Gasteiger partial charge in [-0.15, -0.1) is 0 Å². The number of aliphatic hydroxyl groups is 1. The molecular formula is C15H20ClNO2. The molecule has 0 spiro atoms. The van der Waals surface area contributed by atoms with Gasteiger partial charge in [0.15, 0.2) is 0 Å². The molecule has 0 aromatic heterocycles. The van der Waals surface area contributed by atoms with E-state index in [0.29, 0.717) is 29.8 Å². The first-order valence-electron chi connectivity index (χ1n) is 6.81. The number of rotatable bonds is 5. The molecule has 1 aromatic rings. The maximum atomic E-state index is 11.8. The van der Waals surface area contributed by atoms with E-state index in [2.05, 4.69) is 5.32 Å². The van der Waals surface area contributed by atoms with E-state index in [9.17, 15) is 9.90 Å². The molecule has 3 nitrogen and oxygen atoms in total. The number of amides is 1. The fraction of sp³-hybridized carbons (Fsp3) is 0.533. The third-order valence-electron chi connectivity index (χ3n) is 3.89. The largest absolute Gasteiger partial charge is 0.396 e. The number of carbonyl (C=O) groups excluding carboxylic acids is 1. The van der Waals surface area contributed by atoms with Gasteiger partial charge in [0.2, 0.25) is 5.91 Å². The molecule has 0 bridgehead atoms. The molecule has 104 valence electrons. The van der Waals surface area contributed by atoms with Crippen molar-refractivity contribution < 1.29 is 9.90 Å². The van der Waals surface area contributed by atoms with Crippen molar-refractivity contribution in [2.45, 2.75) is 25.7 Å². The molecule has 2 N–H and O–H groups in total. The second-order valence-corrected chi connectivity index (χ2v) is 5.68. The maximum Gasteiger partial charge on any atom is 0.224 e. The average Bonchev–Trinajstić information content (AvgIpc) is 2.86. The number of benzene rings is 1. The van der Waals surface area contributed by atoms with Gasteiger partial charge in [0, 0.05) is 18.2 Å². The molecule has 19 heavy (non-hydrogen) atoms. The van der Waals surface area contributed by atoms with E-state index >= 15 is 0 Å². The number of aliphatic hydroxyl groups excluding tert-OH is 1. The zero-order valence-corrected chi connectivity index (χ0v) is 11.7. The first-order valence-corrected chi connectivity index (χ1v) is 7.19. The van der Waals surface area contributed by atoms with Gasteiger partial charge in [0.1, 0.15) is 0 Å². The van der Waals surface area contributed by atoms with Gasteiger partial charge in [-0.1, -0.05) is 30.2 Å². The fourth-order valence-corrected chi connectivity index (χ4v) is 2.84. The van der Waals surface area contributed by atoms with Gasteiger partial charge in [-0.05, 0) is 42.4 Å². The number of carbonyl (C=O) groups is 1. The van der Waals surface area contributed by atoms with Crippen molar-refractivity contribution >= 4 is 17.5 Å². The lowest BCUT2D eigenvalue weighted by Gasteiger charge is -2.17. The molecule has 0 radical (unpaired) electrons. The minimum Gasteiger partial charge on any atom is -0.396 e. The van der Waals surface area contributed by atoms with Crippen molar-refractivity contribution in [3.05, 3.63) is 34.9 Å². The molecule has 1 amide bonds. The van der Waals surface area contributed by atoms with Gasteiger partial charge < -0.3 is 10.4 Å². The Hall–Kier alpha value is -1.06. The Morgan fingerprint density at radius 1 is 1.26 bits per heavy atom. The number of nitrogens with one attached hydrogen (secondary N) is 1. The van der Waals surface area contributed by atoms with Crippen LogP contribution in [0.5, 0.6) is 0 Å². The predicted octanol–water partition coefficient (Wildman–Crippen LogP) is 2.41. The van der Waals surface area contributed by atoms with E-state index in [1.54, 1.807) is 12.1 Å². The molecule has 2 rings (SSSR count).